The van der Waals surface area contributed by atoms with Gasteiger partial charge in [-0.1, -0.05) is 13.3 Å². The molecule has 100 valence electrons. The first-order chi connectivity index (χ1) is 8.72. The van der Waals surface area contributed by atoms with E-state index in [4.69, 9.17) is 16.3 Å². The summed E-state index contributed by atoms with van der Waals surface area (Å²) < 4.78 is 5.90. The second-order valence-electron chi connectivity index (χ2n) is 4.57. The zero-order chi connectivity index (χ0) is 13.0. The van der Waals surface area contributed by atoms with Crippen molar-refractivity contribution < 1.29 is 4.74 Å². The highest BCUT2D eigenvalue weighted by molar-refractivity contribution is 6.28. The number of anilines is 1. The summed E-state index contributed by atoms with van der Waals surface area (Å²) >= 11 is 5.83. The molecule has 1 aliphatic carbocycles. The lowest BCUT2D eigenvalue weighted by Gasteiger charge is -2.30. The highest BCUT2D eigenvalue weighted by Gasteiger charge is 2.26. The molecule has 0 amide bonds. The Kier molecular flexibility index (Phi) is 4.58. The number of hydrogen-bond donors (Lipinski definition) is 1. The Morgan fingerprint density at radius 1 is 1.28 bits per heavy atom. The summed E-state index contributed by atoms with van der Waals surface area (Å²) in [7, 11) is 1.74. The number of nitrogens with one attached hydrogen (secondary N) is 1. The molecule has 0 radical (unpaired) electrons. The third kappa shape index (κ3) is 3.22. The van der Waals surface area contributed by atoms with Crippen LogP contribution in [0.3, 0.4) is 0 Å². The van der Waals surface area contributed by atoms with Crippen molar-refractivity contribution in [3.63, 3.8) is 0 Å². The summed E-state index contributed by atoms with van der Waals surface area (Å²) in [6.07, 6.45) is 6.11. The molecule has 0 aliphatic heterocycles. The first kappa shape index (κ1) is 13.3. The van der Waals surface area contributed by atoms with Crippen LogP contribution in [-0.2, 0) is 0 Å². The molecule has 2 atom stereocenters. The average Bonchev–Trinajstić information content (AvgIpc) is 2.38. The van der Waals surface area contributed by atoms with Gasteiger partial charge in [0.25, 0.3) is 0 Å². The van der Waals surface area contributed by atoms with E-state index in [0.717, 1.165) is 12.8 Å². The van der Waals surface area contributed by atoms with Gasteiger partial charge in [-0.3, -0.25) is 0 Å². The van der Waals surface area contributed by atoms with E-state index in [0.29, 0.717) is 17.9 Å². The van der Waals surface area contributed by atoms with Crippen LogP contribution < -0.4 is 10.1 Å². The Morgan fingerprint density at radius 3 is 2.78 bits per heavy atom. The van der Waals surface area contributed by atoms with Crippen LogP contribution in [0.15, 0.2) is 0 Å². The molecule has 1 fully saturated rings. The predicted molar refractivity (Wildman–Crippen MR) is 71.0 cm³/mol. The molecule has 6 heteroatoms. The first-order valence-corrected chi connectivity index (χ1v) is 6.86. The molecule has 0 spiro atoms. The fourth-order valence-electron chi connectivity index (χ4n) is 2.43. The number of aromatic nitrogens is 3. The second-order valence-corrected chi connectivity index (χ2v) is 4.91. The fraction of sp³-hybridized carbons (Fsp3) is 0.750. The van der Waals surface area contributed by atoms with Crippen molar-refractivity contribution in [2.45, 2.75) is 45.1 Å². The number of halogens is 1. The van der Waals surface area contributed by atoms with Gasteiger partial charge in [-0.15, -0.1) is 0 Å². The highest BCUT2D eigenvalue weighted by Crippen LogP contribution is 2.29. The average molecular weight is 271 g/mol. The third-order valence-electron chi connectivity index (χ3n) is 3.43. The molecule has 1 saturated carbocycles. The van der Waals surface area contributed by atoms with E-state index < -0.39 is 0 Å². The Bertz CT molecular complexity index is 402. The minimum Gasteiger partial charge on any atom is -0.460 e. The van der Waals surface area contributed by atoms with Crippen LogP contribution in [0.1, 0.15) is 39.0 Å². The van der Waals surface area contributed by atoms with Crippen molar-refractivity contribution in [3.8, 4) is 6.01 Å². The number of ether oxygens (including phenoxy) is 1. The molecule has 1 aromatic rings. The summed E-state index contributed by atoms with van der Waals surface area (Å²) in [5, 5.41) is 3.00. The zero-order valence-electron chi connectivity index (χ0n) is 10.8. The molecule has 1 aliphatic rings. The van der Waals surface area contributed by atoms with E-state index in [1.807, 2.05) is 0 Å². The maximum Gasteiger partial charge on any atom is 0.322 e. The van der Waals surface area contributed by atoms with Crippen LogP contribution in [-0.4, -0.2) is 28.1 Å². The molecule has 0 bridgehead atoms. The van der Waals surface area contributed by atoms with E-state index in [-0.39, 0.29) is 11.4 Å². The van der Waals surface area contributed by atoms with Gasteiger partial charge < -0.3 is 10.1 Å². The Balaban J connectivity index is 2.09. The lowest BCUT2D eigenvalue weighted by atomic mass is 9.85. The quantitative estimate of drug-likeness (QED) is 0.912. The lowest BCUT2D eigenvalue weighted by Crippen LogP contribution is -2.30. The second kappa shape index (κ2) is 6.18. The Hall–Kier alpha value is -1.10. The SMILES string of the molecule is CCC1CCCCC1Oc1nc(Cl)nc(NC)n1. The number of nitrogens with zero attached hydrogens (tertiary/aromatic N) is 3. The molecule has 18 heavy (non-hydrogen) atoms. The first-order valence-electron chi connectivity index (χ1n) is 6.49. The lowest BCUT2D eigenvalue weighted by molar-refractivity contribution is 0.0809. The van der Waals surface area contributed by atoms with E-state index in [2.05, 4.69) is 27.2 Å². The summed E-state index contributed by atoms with van der Waals surface area (Å²) in [5.41, 5.74) is 0. The van der Waals surface area contributed by atoms with Gasteiger partial charge in [0.05, 0.1) is 0 Å². The van der Waals surface area contributed by atoms with Crippen LogP contribution in [0, 0.1) is 5.92 Å². The Morgan fingerprint density at radius 2 is 2.06 bits per heavy atom. The molecule has 0 aromatic carbocycles. The van der Waals surface area contributed by atoms with Crippen molar-refractivity contribution in [2.75, 3.05) is 12.4 Å². The van der Waals surface area contributed by atoms with E-state index in [1.165, 1.54) is 19.3 Å². The maximum atomic E-state index is 5.90. The molecule has 2 unspecified atom stereocenters. The molecule has 2 rings (SSSR count). The van der Waals surface area contributed by atoms with Gasteiger partial charge in [0.1, 0.15) is 6.10 Å². The van der Waals surface area contributed by atoms with Crippen LogP contribution in [0.25, 0.3) is 0 Å². The summed E-state index contributed by atoms with van der Waals surface area (Å²) in [6, 6.07) is 0.324. The van der Waals surface area contributed by atoms with Gasteiger partial charge in [-0.25, -0.2) is 0 Å². The molecular formula is C12H19ClN4O. The highest BCUT2D eigenvalue weighted by atomic mass is 35.5. The van der Waals surface area contributed by atoms with Gasteiger partial charge >= 0.3 is 6.01 Å². The Labute approximate surface area is 112 Å². The third-order valence-corrected chi connectivity index (χ3v) is 3.60. The van der Waals surface area contributed by atoms with Gasteiger partial charge in [-0.05, 0) is 43.2 Å². The summed E-state index contributed by atoms with van der Waals surface area (Å²) in [6.45, 7) is 2.20. The van der Waals surface area contributed by atoms with Crippen LogP contribution in [0.2, 0.25) is 5.28 Å². The number of hydrogen-bond acceptors (Lipinski definition) is 5. The maximum absolute atomic E-state index is 5.90. The van der Waals surface area contributed by atoms with Gasteiger partial charge in [0, 0.05) is 7.05 Å². The minimum atomic E-state index is 0.160. The van der Waals surface area contributed by atoms with Crippen LogP contribution in [0.5, 0.6) is 6.01 Å². The molecule has 5 nitrogen and oxygen atoms in total. The van der Waals surface area contributed by atoms with Gasteiger partial charge in [-0.2, -0.15) is 15.0 Å². The summed E-state index contributed by atoms with van der Waals surface area (Å²) in [4.78, 5) is 12.1. The standard InChI is InChI=1S/C12H19ClN4O/c1-3-8-6-4-5-7-9(8)18-12-16-10(13)15-11(14-2)17-12/h8-9H,3-7H2,1-2H3,(H,14,15,16,17). The topological polar surface area (TPSA) is 59.9 Å². The smallest absolute Gasteiger partial charge is 0.322 e. The molecule has 0 saturated heterocycles. The number of rotatable bonds is 4. The largest absolute Gasteiger partial charge is 0.460 e. The van der Waals surface area contributed by atoms with Crippen molar-refractivity contribution in [1.29, 1.82) is 0 Å². The van der Waals surface area contributed by atoms with Crippen molar-refractivity contribution in [3.05, 3.63) is 5.28 Å². The van der Waals surface area contributed by atoms with Crippen molar-refractivity contribution in [1.82, 2.24) is 15.0 Å². The summed E-state index contributed by atoms with van der Waals surface area (Å²) in [5.74, 6) is 1.03. The van der Waals surface area contributed by atoms with Crippen molar-refractivity contribution >= 4 is 17.5 Å². The molecule has 1 heterocycles. The molecule has 1 aromatic heterocycles. The predicted octanol–water partition coefficient (Wildman–Crippen LogP) is 2.91. The van der Waals surface area contributed by atoms with E-state index in [1.54, 1.807) is 7.05 Å². The molecule has 1 N–H and O–H groups in total. The normalized spacial score (nSPS) is 23.7. The van der Waals surface area contributed by atoms with Crippen molar-refractivity contribution in [2.24, 2.45) is 5.92 Å². The van der Waals surface area contributed by atoms with Gasteiger partial charge in [0.15, 0.2) is 0 Å². The molecular weight excluding hydrogens is 252 g/mol. The van der Waals surface area contributed by atoms with Crippen LogP contribution in [0.4, 0.5) is 5.95 Å². The fourth-order valence-corrected chi connectivity index (χ4v) is 2.58. The monoisotopic (exact) mass is 270 g/mol. The minimum absolute atomic E-state index is 0.160. The van der Waals surface area contributed by atoms with E-state index >= 15 is 0 Å². The zero-order valence-corrected chi connectivity index (χ0v) is 11.6. The van der Waals surface area contributed by atoms with Gasteiger partial charge in [0.2, 0.25) is 11.2 Å². The van der Waals surface area contributed by atoms with Crippen LogP contribution >= 0.6 is 11.6 Å². The van der Waals surface area contributed by atoms with E-state index in [9.17, 15) is 0 Å².